The zero-order valence-corrected chi connectivity index (χ0v) is 10.6. The summed E-state index contributed by atoms with van der Waals surface area (Å²) < 4.78 is 51.4. The van der Waals surface area contributed by atoms with Gasteiger partial charge in [0.25, 0.3) is 0 Å². The van der Waals surface area contributed by atoms with Crippen molar-refractivity contribution in [2.24, 2.45) is 0 Å². The number of rotatable bonds is 4. The maximum Gasteiger partial charge on any atom is 0.236 e. The zero-order chi connectivity index (χ0) is 13.9. The Morgan fingerprint density at radius 1 is 0.842 bits per heavy atom. The second-order valence-corrected chi connectivity index (χ2v) is 5.72. The van der Waals surface area contributed by atoms with Gasteiger partial charge < -0.3 is 0 Å². The van der Waals surface area contributed by atoms with Crippen molar-refractivity contribution in [1.29, 1.82) is 0 Å². The van der Waals surface area contributed by atoms with E-state index < -0.39 is 21.7 Å². The molecule has 3 nitrogen and oxygen atoms in total. The molecule has 0 saturated heterocycles. The lowest BCUT2D eigenvalue weighted by molar-refractivity contribution is 0.599. The molecule has 0 aliphatic rings. The Morgan fingerprint density at radius 2 is 1.32 bits per heavy atom. The summed E-state index contributed by atoms with van der Waals surface area (Å²) in [6, 6.07) is 10.2. The first-order chi connectivity index (χ1) is 8.94. The van der Waals surface area contributed by atoms with Crippen molar-refractivity contribution in [1.82, 2.24) is 0 Å². The molecule has 2 aromatic carbocycles. The number of anilines is 1. The van der Waals surface area contributed by atoms with Gasteiger partial charge in [-0.2, -0.15) is 0 Å². The summed E-state index contributed by atoms with van der Waals surface area (Å²) >= 11 is 0. The van der Waals surface area contributed by atoms with E-state index in [-0.39, 0.29) is 11.4 Å². The monoisotopic (exact) mass is 283 g/mol. The number of hydrogen-bond acceptors (Lipinski definition) is 2. The second kappa shape index (κ2) is 5.36. The fraction of sp³-hybridized carbons (Fsp3) is 0.0769. The molecule has 0 radical (unpaired) electrons. The summed E-state index contributed by atoms with van der Waals surface area (Å²) in [6.07, 6.45) is 0. The molecule has 0 atom stereocenters. The van der Waals surface area contributed by atoms with E-state index >= 15 is 0 Å². The van der Waals surface area contributed by atoms with Crippen LogP contribution in [0.25, 0.3) is 0 Å². The molecule has 0 fully saturated rings. The molecule has 0 aliphatic heterocycles. The van der Waals surface area contributed by atoms with Gasteiger partial charge in [-0.25, -0.2) is 17.2 Å². The predicted molar refractivity (Wildman–Crippen MR) is 69.0 cm³/mol. The molecule has 6 heteroatoms. The summed E-state index contributed by atoms with van der Waals surface area (Å²) in [5.74, 6) is -1.14. The SMILES string of the molecule is O=S(=O)(Cc1ccc(F)cc1)Nc1ccc(F)cc1. The van der Waals surface area contributed by atoms with Gasteiger partial charge in [-0.05, 0) is 42.0 Å². The zero-order valence-electron chi connectivity index (χ0n) is 9.81. The summed E-state index contributed by atoms with van der Waals surface area (Å²) in [6.45, 7) is 0. The molecule has 0 spiro atoms. The van der Waals surface area contributed by atoms with Crippen LogP contribution in [0.2, 0.25) is 0 Å². The Balaban J connectivity index is 2.10. The summed E-state index contributed by atoms with van der Waals surface area (Å²) in [7, 11) is -3.61. The lowest BCUT2D eigenvalue weighted by atomic mass is 10.2. The highest BCUT2D eigenvalue weighted by molar-refractivity contribution is 7.91. The van der Waals surface area contributed by atoms with Gasteiger partial charge in [-0.3, -0.25) is 4.72 Å². The van der Waals surface area contributed by atoms with Gasteiger partial charge in [-0.15, -0.1) is 0 Å². The van der Waals surface area contributed by atoms with Gasteiger partial charge in [0.1, 0.15) is 11.6 Å². The maximum atomic E-state index is 12.7. The fourth-order valence-corrected chi connectivity index (χ4v) is 2.73. The lowest BCUT2D eigenvalue weighted by Gasteiger charge is -2.08. The molecule has 1 N–H and O–H groups in total. The number of sulfonamides is 1. The number of halogens is 2. The molecule has 0 unspecified atom stereocenters. The number of hydrogen-bond donors (Lipinski definition) is 1. The third kappa shape index (κ3) is 4.03. The van der Waals surface area contributed by atoms with Gasteiger partial charge in [-0.1, -0.05) is 12.1 Å². The third-order valence-electron chi connectivity index (χ3n) is 2.39. The van der Waals surface area contributed by atoms with Gasteiger partial charge in [0.05, 0.1) is 5.75 Å². The quantitative estimate of drug-likeness (QED) is 0.937. The van der Waals surface area contributed by atoms with Crippen molar-refractivity contribution >= 4 is 15.7 Å². The molecular weight excluding hydrogens is 272 g/mol. The van der Waals surface area contributed by atoms with E-state index in [1.807, 2.05) is 0 Å². The maximum absolute atomic E-state index is 12.7. The van der Waals surface area contributed by atoms with E-state index in [2.05, 4.69) is 4.72 Å². The topological polar surface area (TPSA) is 46.2 Å². The van der Waals surface area contributed by atoms with Crippen molar-refractivity contribution in [3.05, 3.63) is 65.7 Å². The Labute approximate surface area is 109 Å². The van der Waals surface area contributed by atoms with Gasteiger partial charge in [0, 0.05) is 5.69 Å². The highest BCUT2D eigenvalue weighted by Gasteiger charge is 2.11. The first-order valence-electron chi connectivity index (χ1n) is 5.45. The molecule has 2 aromatic rings. The standard InChI is InChI=1S/C13H11F2NO2S/c14-11-3-1-10(2-4-11)9-19(17,18)16-13-7-5-12(15)6-8-13/h1-8,16H,9H2. The van der Waals surface area contributed by atoms with Crippen molar-refractivity contribution in [3.8, 4) is 0 Å². The Kier molecular flexibility index (Phi) is 3.80. The summed E-state index contributed by atoms with van der Waals surface area (Å²) in [5.41, 5.74) is 0.750. The highest BCUT2D eigenvalue weighted by atomic mass is 32.2. The van der Waals surface area contributed by atoms with Crippen LogP contribution in [0.4, 0.5) is 14.5 Å². The molecular formula is C13H11F2NO2S. The highest BCUT2D eigenvalue weighted by Crippen LogP contribution is 2.13. The van der Waals surface area contributed by atoms with Gasteiger partial charge >= 0.3 is 0 Å². The van der Waals surface area contributed by atoms with Crippen LogP contribution in [0.5, 0.6) is 0 Å². The first kappa shape index (κ1) is 13.5. The molecule has 100 valence electrons. The van der Waals surface area contributed by atoms with Crippen LogP contribution in [-0.4, -0.2) is 8.42 Å². The minimum absolute atomic E-state index is 0.273. The average Bonchev–Trinajstić information content (AvgIpc) is 2.34. The van der Waals surface area contributed by atoms with E-state index in [4.69, 9.17) is 0 Å². The average molecular weight is 283 g/mol. The van der Waals surface area contributed by atoms with Crippen LogP contribution >= 0.6 is 0 Å². The lowest BCUT2D eigenvalue weighted by Crippen LogP contribution is -2.15. The summed E-state index contributed by atoms with van der Waals surface area (Å²) in [5, 5.41) is 0. The Bertz CT molecular complexity index is 599. The van der Waals surface area contributed by atoms with Gasteiger partial charge in [0.15, 0.2) is 0 Å². The third-order valence-corrected chi connectivity index (χ3v) is 3.65. The van der Waals surface area contributed by atoms with Crippen LogP contribution in [0.15, 0.2) is 48.5 Å². The molecule has 2 rings (SSSR count). The van der Waals surface area contributed by atoms with Gasteiger partial charge in [0.2, 0.25) is 10.0 Å². The minimum atomic E-state index is -3.61. The molecule has 0 aliphatic carbocycles. The summed E-state index contributed by atoms with van der Waals surface area (Å²) in [4.78, 5) is 0. The van der Waals surface area contributed by atoms with Crippen molar-refractivity contribution in [2.75, 3.05) is 4.72 Å². The van der Waals surface area contributed by atoms with Crippen LogP contribution in [0.1, 0.15) is 5.56 Å². The molecule has 19 heavy (non-hydrogen) atoms. The fourth-order valence-electron chi connectivity index (χ4n) is 1.53. The van der Waals surface area contributed by atoms with E-state index in [1.54, 1.807) is 0 Å². The van der Waals surface area contributed by atoms with Crippen LogP contribution < -0.4 is 4.72 Å². The van der Waals surface area contributed by atoms with E-state index in [0.29, 0.717) is 5.56 Å². The minimum Gasteiger partial charge on any atom is -0.283 e. The predicted octanol–water partition coefficient (Wildman–Crippen LogP) is 2.91. The first-order valence-corrected chi connectivity index (χ1v) is 7.10. The van der Waals surface area contributed by atoms with Crippen LogP contribution in [-0.2, 0) is 15.8 Å². The second-order valence-electron chi connectivity index (χ2n) is 3.99. The molecule has 0 amide bonds. The smallest absolute Gasteiger partial charge is 0.236 e. The van der Waals surface area contributed by atoms with Crippen LogP contribution in [0.3, 0.4) is 0 Å². The Morgan fingerprint density at radius 3 is 1.84 bits per heavy atom. The number of nitrogens with one attached hydrogen (secondary N) is 1. The van der Waals surface area contributed by atoms with E-state index in [0.717, 1.165) is 12.1 Å². The van der Waals surface area contributed by atoms with E-state index in [1.165, 1.54) is 36.4 Å². The normalized spacial score (nSPS) is 11.3. The molecule has 0 saturated carbocycles. The van der Waals surface area contributed by atoms with Crippen molar-refractivity contribution in [2.45, 2.75) is 5.75 Å². The molecule has 0 heterocycles. The molecule has 0 aromatic heterocycles. The largest absolute Gasteiger partial charge is 0.283 e. The van der Waals surface area contributed by atoms with Crippen molar-refractivity contribution < 1.29 is 17.2 Å². The number of benzene rings is 2. The van der Waals surface area contributed by atoms with Crippen LogP contribution in [0, 0.1) is 11.6 Å². The Hall–Kier alpha value is -1.95. The van der Waals surface area contributed by atoms with Crippen molar-refractivity contribution in [3.63, 3.8) is 0 Å². The van der Waals surface area contributed by atoms with E-state index in [9.17, 15) is 17.2 Å². The molecule has 0 bridgehead atoms.